The van der Waals surface area contributed by atoms with E-state index < -0.39 is 65.2 Å². The largest absolute Gasteiger partial charge is 0.497 e. The van der Waals surface area contributed by atoms with Gasteiger partial charge in [-0.3, -0.25) is 9.69 Å². The minimum Gasteiger partial charge on any atom is -0.497 e. The highest BCUT2D eigenvalue weighted by Gasteiger charge is 2.48. The predicted molar refractivity (Wildman–Crippen MR) is 142 cm³/mol. The van der Waals surface area contributed by atoms with E-state index in [2.05, 4.69) is 15.6 Å². The number of nitrogens with zero attached hydrogens (tertiary/aromatic N) is 2. The molecule has 2 aliphatic rings. The zero-order valence-corrected chi connectivity index (χ0v) is 22.6. The molecule has 3 amide bonds. The second kappa shape index (κ2) is 11.5. The number of amides is 3. The van der Waals surface area contributed by atoms with Crippen LogP contribution in [-0.2, 0) is 23.8 Å². The van der Waals surface area contributed by atoms with E-state index >= 15 is 8.78 Å². The molecule has 2 N–H and O–H groups in total. The molecule has 5 rings (SSSR count). The Morgan fingerprint density at radius 3 is 2.38 bits per heavy atom. The minimum atomic E-state index is -4.86. The number of fused-ring (bicyclic) bond motifs is 1. The Hall–Kier alpha value is -4.42. The van der Waals surface area contributed by atoms with Gasteiger partial charge in [0.2, 0.25) is 0 Å². The third-order valence-electron chi connectivity index (χ3n) is 7.58. The van der Waals surface area contributed by atoms with Crippen LogP contribution in [0.2, 0.25) is 0 Å². The average molecular weight is 591 g/mol. The molecule has 0 radical (unpaired) electrons. The van der Waals surface area contributed by atoms with Crippen molar-refractivity contribution in [2.45, 2.75) is 43.4 Å². The van der Waals surface area contributed by atoms with Crippen LogP contribution in [-0.4, -0.2) is 49.8 Å². The highest BCUT2D eigenvalue weighted by Crippen LogP contribution is 2.40. The van der Waals surface area contributed by atoms with Crippen LogP contribution in [0.5, 0.6) is 11.5 Å². The molecule has 1 aliphatic carbocycles. The zero-order chi connectivity index (χ0) is 30.2. The molecular formula is C29H27F5N4O4. The number of alkyl halides is 3. The molecule has 222 valence electrons. The lowest BCUT2D eigenvalue weighted by atomic mass is 9.88. The maximum absolute atomic E-state index is 15.2. The summed E-state index contributed by atoms with van der Waals surface area (Å²) in [4.78, 5) is 31.1. The van der Waals surface area contributed by atoms with Gasteiger partial charge < -0.3 is 20.1 Å². The van der Waals surface area contributed by atoms with Gasteiger partial charge in [-0.1, -0.05) is 6.07 Å². The summed E-state index contributed by atoms with van der Waals surface area (Å²) in [6.45, 7) is -0.567. The molecule has 1 fully saturated rings. The van der Waals surface area contributed by atoms with E-state index in [4.69, 9.17) is 9.47 Å². The van der Waals surface area contributed by atoms with Crippen molar-refractivity contribution in [1.82, 2.24) is 15.6 Å². The highest BCUT2D eigenvalue weighted by molar-refractivity contribution is 6.02. The van der Waals surface area contributed by atoms with E-state index in [1.165, 1.54) is 7.11 Å². The molecule has 2 heterocycles. The second-order valence-corrected chi connectivity index (χ2v) is 10.1. The van der Waals surface area contributed by atoms with Gasteiger partial charge in [0.15, 0.2) is 0 Å². The molecule has 8 nitrogen and oxygen atoms in total. The number of hydrogen-bond donors (Lipinski definition) is 2. The van der Waals surface area contributed by atoms with Crippen LogP contribution in [0.15, 0.2) is 48.7 Å². The number of nitrogens with one attached hydrogen (secondary N) is 2. The fourth-order valence-corrected chi connectivity index (χ4v) is 5.56. The predicted octanol–water partition coefficient (Wildman–Crippen LogP) is 4.75. The van der Waals surface area contributed by atoms with Crippen LogP contribution in [0.1, 0.15) is 34.6 Å². The molecule has 0 spiro atoms. The zero-order valence-electron chi connectivity index (χ0n) is 22.6. The Kier molecular flexibility index (Phi) is 7.93. The van der Waals surface area contributed by atoms with Gasteiger partial charge in [-0.25, -0.2) is 18.6 Å². The maximum Gasteiger partial charge on any atom is 0.419 e. The molecule has 3 aromatic rings. The smallest absolute Gasteiger partial charge is 0.419 e. The molecule has 1 aliphatic heterocycles. The third-order valence-corrected chi connectivity index (χ3v) is 7.58. The number of rotatable bonds is 6. The van der Waals surface area contributed by atoms with Crippen LogP contribution < -0.4 is 25.0 Å². The van der Waals surface area contributed by atoms with Crippen molar-refractivity contribution in [1.29, 1.82) is 0 Å². The SMILES string of the molecule is COc1cc(F)c([C@@H]2CN(c3ncccc3C(F)(F)F)C(=O)[C@H]2NC(=O)NC2CCc3cc(OC)ccc3C2)c(F)c1. The van der Waals surface area contributed by atoms with Crippen molar-refractivity contribution in [2.24, 2.45) is 0 Å². The summed E-state index contributed by atoms with van der Waals surface area (Å²) in [5.41, 5.74) is 0.318. The standard InChI is InChI=1S/C29H27F5N4O4/c1-41-18-8-6-15-10-17(7-5-16(15)11-18)36-28(40)37-25-20(24-22(30)12-19(42-2)13-23(24)31)14-38(27(25)39)26-21(29(32,33)34)4-3-9-35-26/h3-4,6,8-9,11-13,17,20,25H,5,7,10,14H2,1-2H3,(H2,36,37,40)/t17?,20-,25-/m0/s1. The summed E-state index contributed by atoms with van der Waals surface area (Å²) in [7, 11) is 2.78. The number of aryl methyl sites for hydroxylation is 1. The number of aromatic nitrogens is 1. The van der Waals surface area contributed by atoms with Crippen LogP contribution in [0.25, 0.3) is 0 Å². The highest BCUT2D eigenvalue weighted by atomic mass is 19.4. The molecule has 2 aromatic carbocycles. The van der Waals surface area contributed by atoms with Gasteiger partial charge in [-0.2, -0.15) is 13.2 Å². The van der Waals surface area contributed by atoms with Crippen LogP contribution >= 0.6 is 0 Å². The van der Waals surface area contributed by atoms with Crippen molar-refractivity contribution in [3.8, 4) is 11.5 Å². The quantitative estimate of drug-likeness (QED) is 0.405. The van der Waals surface area contributed by atoms with E-state index in [-0.39, 0.29) is 11.8 Å². The molecule has 1 saturated heterocycles. The molecule has 1 aromatic heterocycles. The van der Waals surface area contributed by atoms with Gasteiger partial charge in [0.1, 0.15) is 35.0 Å². The van der Waals surface area contributed by atoms with E-state index in [1.54, 1.807) is 7.11 Å². The van der Waals surface area contributed by atoms with Crippen LogP contribution in [0.4, 0.5) is 32.6 Å². The lowest BCUT2D eigenvalue weighted by molar-refractivity contribution is -0.137. The first-order valence-electron chi connectivity index (χ1n) is 13.1. The van der Waals surface area contributed by atoms with Gasteiger partial charge >= 0.3 is 12.2 Å². The Labute approximate surface area is 237 Å². The summed E-state index contributed by atoms with van der Waals surface area (Å²) in [6.07, 6.45) is -2.07. The fraction of sp³-hybridized carbons (Fsp3) is 0.345. The summed E-state index contributed by atoms with van der Waals surface area (Å²) in [5.74, 6) is -4.65. The topological polar surface area (TPSA) is 92.8 Å². The molecule has 13 heteroatoms. The number of pyridine rings is 1. The number of anilines is 1. The van der Waals surface area contributed by atoms with E-state index in [1.807, 2.05) is 18.2 Å². The Morgan fingerprint density at radius 1 is 1.00 bits per heavy atom. The second-order valence-electron chi connectivity index (χ2n) is 10.1. The maximum atomic E-state index is 15.2. The van der Waals surface area contributed by atoms with E-state index in [0.717, 1.165) is 41.6 Å². The third kappa shape index (κ3) is 5.68. The number of methoxy groups -OCH3 is 2. The summed E-state index contributed by atoms with van der Waals surface area (Å²) >= 11 is 0. The first-order valence-corrected chi connectivity index (χ1v) is 13.1. The van der Waals surface area contributed by atoms with Gasteiger partial charge in [0.25, 0.3) is 5.91 Å². The normalized spacial score (nSPS) is 20.2. The number of carbonyl (C=O) groups excluding carboxylic acids is 2. The first-order chi connectivity index (χ1) is 20.0. The molecule has 42 heavy (non-hydrogen) atoms. The summed E-state index contributed by atoms with van der Waals surface area (Å²) < 4.78 is 81.8. The Bertz CT molecular complexity index is 1490. The van der Waals surface area contributed by atoms with E-state index in [9.17, 15) is 22.8 Å². The van der Waals surface area contributed by atoms with E-state index in [0.29, 0.717) is 29.9 Å². The Balaban J connectivity index is 1.43. The number of carbonyl (C=O) groups is 2. The minimum absolute atomic E-state index is 0.128. The number of ether oxygens (including phenoxy) is 2. The van der Waals surface area contributed by atoms with Crippen molar-refractivity contribution >= 4 is 17.8 Å². The molecule has 0 saturated carbocycles. The Morgan fingerprint density at radius 2 is 1.71 bits per heavy atom. The lowest BCUT2D eigenvalue weighted by Crippen LogP contribution is -2.51. The monoisotopic (exact) mass is 590 g/mol. The summed E-state index contributed by atoms with van der Waals surface area (Å²) in [6, 6.07) is 6.54. The summed E-state index contributed by atoms with van der Waals surface area (Å²) in [5, 5.41) is 5.26. The lowest BCUT2D eigenvalue weighted by Gasteiger charge is -2.27. The number of halogens is 5. The van der Waals surface area contributed by atoms with Crippen LogP contribution in [0, 0.1) is 11.6 Å². The van der Waals surface area contributed by atoms with Crippen molar-refractivity contribution in [3.05, 3.63) is 82.5 Å². The fourth-order valence-electron chi connectivity index (χ4n) is 5.56. The first kappa shape index (κ1) is 29.1. The van der Waals surface area contributed by atoms with Crippen molar-refractivity contribution < 1.29 is 41.0 Å². The number of hydrogen-bond acceptors (Lipinski definition) is 5. The molecule has 0 bridgehead atoms. The van der Waals surface area contributed by atoms with Crippen molar-refractivity contribution in [2.75, 3.05) is 25.7 Å². The number of benzene rings is 2. The molecule has 3 atom stereocenters. The van der Waals surface area contributed by atoms with Gasteiger partial charge in [-0.05, 0) is 54.7 Å². The average Bonchev–Trinajstić information content (AvgIpc) is 3.26. The van der Waals surface area contributed by atoms with Gasteiger partial charge in [-0.15, -0.1) is 0 Å². The number of urea groups is 1. The van der Waals surface area contributed by atoms with Gasteiger partial charge in [0, 0.05) is 42.4 Å². The van der Waals surface area contributed by atoms with Crippen molar-refractivity contribution in [3.63, 3.8) is 0 Å². The molecule has 1 unspecified atom stereocenters. The van der Waals surface area contributed by atoms with Crippen LogP contribution in [0.3, 0.4) is 0 Å². The molecular weight excluding hydrogens is 563 g/mol. The van der Waals surface area contributed by atoms with Gasteiger partial charge in [0.05, 0.1) is 19.8 Å².